The first-order chi connectivity index (χ1) is 10.5. The minimum absolute atomic E-state index is 0.134. The van der Waals surface area contributed by atoms with Crippen molar-refractivity contribution in [3.63, 3.8) is 0 Å². The van der Waals surface area contributed by atoms with Crippen molar-refractivity contribution >= 4 is 15.9 Å². The van der Waals surface area contributed by atoms with Crippen LogP contribution in [0.15, 0.2) is 29.2 Å². The van der Waals surface area contributed by atoms with E-state index < -0.39 is 15.6 Å². The van der Waals surface area contributed by atoms with E-state index in [-0.39, 0.29) is 23.5 Å². The summed E-state index contributed by atoms with van der Waals surface area (Å²) in [6.45, 7) is 6.19. The lowest BCUT2D eigenvalue weighted by Gasteiger charge is -2.40. The maximum Gasteiger partial charge on any atom is 0.253 e. The Morgan fingerprint density at radius 2 is 2.00 bits per heavy atom. The zero-order valence-corrected chi connectivity index (χ0v) is 15.1. The molecule has 1 unspecified atom stereocenters. The molecule has 7 heteroatoms. The predicted octanol–water partition coefficient (Wildman–Crippen LogP) is 1.58. The third-order valence-corrected chi connectivity index (χ3v) is 5.47. The van der Waals surface area contributed by atoms with Gasteiger partial charge in [-0.1, -0.05) is 6.07 Å². The summed E-state index contributed by atoms with van der Waals surface area (Å²) in [5.41, 5.74) is -0.182. The van der Waals surface area contributed by atoms with E-state index in [0.29, 0.717) is 12.1 Å². The smallest absolute Gasteiger partial charge is 0.253 e. The molecular weight excluding hydrogens is 316 g/mol. The first-order valence-corrected chi connectivity index (χ1v) is 8.97. The maximum atomic E-state index is 12.9. The van der Waals surface area contributed by atoms with Gasteiger partial charge in [-0.2, -0.15) is 4.31 Å². The summed E-state index contributed by atoms with van der Waals surface area (Å²) in [7, 11) is -0.396. The number of rotatable bonds is 3. The summed E-state index contributed by atoms with van der Waals surface area (Å²) in [5.74, 6) is -0.224. The molecule has 1 aliphatic heterocycles. The van der Waals surface area contributed by atoms with Crippen LogP contribution in [0.1, 0.15) is 31.1 Å². The van der Waals surface area contributed by atoms with E-state index in [0.717, 1.165) is 0 Å². The molecule has 1 heterocycles. The van der Waals surface area contributed by atoms with Gasteiger partial charge in [0.2, 0.25) is 10.0 Å². The van der Waals surface area contributed by atoms with Gasteiger partial charge in [0.15, 0.2) is 0 Å². The highest BCUT2D eigenvalue weighted by Gasteiger charge is 2.38. The summed E-state index contributed by atoms with van der Waals surface area (Å²) in [6.07, 6.45) is -0.180. The number of hydrogen-bond acceptors (Lipinski definition) is 4. The quantitative estimate of drug-likeness (QED) is 0.838. The first-order valence-electron chi connectivity index (χ1n) is 7.52. The molecule has 1 aliphatic rings. The van der Waals surface area contributed by atoms with Crippen molar-refractivity contribution in [3.05, 3.63) is 29.8 Å². The number of carbonyl (C=O) groups excluding carboxylic acids is 1. The summed E-state index contributed by atoms with van der Waals surface area (Å²) in [5, 5.41) is 0. The van der Waals surface area contributed by atoms with Crippen LogP contribution < -0.4 is 0 Å². The highest BCUT2D eigenvalue weighted by molar-refractivity contribution is 7.89. The number of morpholine rings is 1. The lowest BCUT2D eigenvalue weighted by atomic mass is 10.1. The second-order valence-electron chi connectivity index (χ2n) is 6.71. The highest BCUT2D eigenvalue weighted by Crippen LogP contribution is 2.26. The topological polar surface area (TPSA) is 66.9 Å². The van der Waals surface area contributed by atoms with E-state index in [2.05, 4.69) is 0 Å². The molecule has 0 spiro atoms. The molecule has 0 aliphatic carbocycles. The molecule has 2 rings (SSSR count). The molecule has 128 valence electrons. The van der Waals surface area contributed by atoms with E-state index >= 15 is 0 Å². The molecule has 23 heavy (non-hydrogen) atoms. The molecule has 6 nitrogen and oxygen atoms in total. The summed E-state index contributed by atoms with van der Waals surface area (Å²) in [6, 6.07) is 6.17. The van der Waals surface area contributed by atoms with Gasteiger partial charge in [-0.05, 0) is 39.0 Å². The number of hydrogen-bond donors (Lipinski definition) is 0. The van der Waals surface area contributed by atoms with Crippen molar-refractivity contribution in [2.45, 2.75) is 37.4 Å². The average Bonchev–Trinajstić information content (AvgIpc) is 2.44. The Morgan fingerprint density at radius 3 is 2.57 bits per heavy atom. The number of nitrogens with zero attached hydrogens (tertiary/aromatic N) is 2. The summed E-state index contributed by atoms with van der Waals surface area (Å²) in [4.78, 5) is 13.6. The molecule has 0 radical (unpaired) electrons. The van der Waals surface area contributed by atoms with Crippen molar-refractivity contribution in [1.82, 2.24) is 9.21 Å². The molecular formula is C16H24N2O4S. The molecule has 1 atom stereocenters. The lowest BCUT2D eigenvalue weighted by molar-refractivity contribution is -0.109. The zero-order chi connectivity index (χ0) is 17.4. The second-order valence-corrected chi connectivity index (χ2v) is 8.65. The van der Waals surface area contributed by atoms with Crippen molar-refractivity contribution < 1.29 is 17.9 Å². The Hall–Kier alpha value is -1.44. The molecule has 0 aromatic heterocycles. The van der Waals surface area contributed by atoms with Crippen LogP contribution in [-0.4, -0.2) is 62.4 Å². The SMILES string of the molecule is CC1CN(S(=O)(=O)c2cccc(C(=O)N(C)C)c2)CC(C)(C)O1. The fourth-order valence-corrected chi connectivity index (χ4v) is 4.49. The summed E-state index contributed by atoms with van der Waals surface area (Å²) < 4.78 is 33.0. The molecule has 0 N–H and O–H groups in total. The van der Waals surface area contributed by atoms with Gasteiger partial charge in [0.25, 0.3) is 5.91 Å². The second kappa shape index (κ2) is 6.22. The number of benzene rings is 1. The maximum absolute atomic E-state index is 12.9. The van der Waals surface area contributed by atoms with Crippen LogP contribution in [-0.2, 0) is 14.8 Å². The van der Waals surface area contributed by atoms with Crippen LogP contribution in [0.5, 0.6) is 0 Å². The fourth-order valence-electron chi connectivity index (χ4n) is 2.78. The lowest BCUT2D eigenvalue weighted by Crippen LogP contribution is -2.53. The predicted molar refractivity (Wildman–Crippen MR) is 87.8 cm³/mol. The molecule has 1 amide bonds. The number of amides is 1. The van der Waals surface area contributed by atoms with Gasteiger partial charge >= 0.3 is 0 Å². The minimum atomic E-state index is -3.67. The Morgan fingerprint density at radius 1 is 1.35 bits per heavy atom. The highest BCUT2D eigenvalue weighted by atomic mass is 32.2. The fraction of sp³-hybridized carbons (Fsp3) is 0.562. The third-order valence-electron chi connectivity index (χ3n) is 3.66. The van der Waals surface area contributed by atoms with Crippen LogP contribution in [0.4, 0.5) is 0 Å². The van der Waals surface area contributed by atoms with Gasteiger partial charge in [-0.25, -0.2) is 8.42 Å². The number of ether oxygens (including phenoxy) is 1. The van der Waals surface area contributed by atoms with Gasteiger partial charge in [0.05, 0.1) is 16.6 Å². The Kier molecular flexibility index (Phi) is 4.84. The summed E-state index contributed by atoms with van der Waals surface area (Å²) >= 11 is 0. The Balaban J connectivity index is 2.36. The van der Waals surface area contributed by atoms with E-state index in [1.807, 2.05) is 20.8 Å². The molecule has 0 saturated carbocycles. The van der Waals surface area contributed by atoms with Gasteiger partial charge in [-0.3, -0.25) is 4.79 Å². The van der Waals surface area contributed by atoms with Gasteiger partial charge in [-0.15, -0.1) is 0 Å². The van der Waals surface area contributed by atoms with E-state index in [1.54, 1.807) is 26.2 Å². The van der Waals surface area contributed by atoms with Gasteiger partial charge in [0, 0.05) is 32.7 Å². The van der Waals surface area contributed by atoms with E-state index in [4.69, 9.17) is 4.74 Å². The molecule has 1 fully saturated rings. The average molecular weight is 340 g/mol. The molecule has 1 saturated heterocycles. The molecule has 1 aromatic rings. The normalized spacial score (nSPS) is 21.9. The van der Waals surface area contributed by atoms with Crippen LogP contribution in [0, 0.1) is 0 Å². The standard InChI is InChI=1S/C16H24N2O4S/c1-12-10-18(11-16(2,3)22-12)23(20,21)14-8-6-7-13(9-14)15(19)17(4)5/h6-9,12H,10-11H2,1-5H3. The monoisotopic (exact) mass is 340 g/mol. The van der Waals surface area contributed by atoms with Crippen LogP contribution in [0.25, 0.3) is 0 Å². The van der Waals surface area contributed by atoms with E-state index in [9.17, 15) is 13.2 Å². The van der Waals surface area contributed by atoms with Gasteiger partial charge in [0.1, 0.15) is 0 Å². The number of sulfonamides is 1. The largest absolute Gasteiger partial charge is 0.370 e. The van der Waals surface area contributed by atoms with Gasteiger partial charge < -0.3 is 9.64 Å². The van der Waals surface area contributed by atoms with E-state index in [1.165, 1.54) is 21.3 Å². The molecule has 0 bridgehead atoms. The van der Waals surface area contributed by atoms with Crippen LogP contribution in [0.2, 0.25) is 0 Å². The zero-order valence-electron chi connectivity index (χ0n) is 14.2. The van der Waals surface area contributed by atoms with Crippen molar-refractivity contribution in [1.29, 1.82) is 0 Å². The minimum Gasteiger partial charge on any atom is -0.370 e. The van der Waals surface area contributed by atoms with Crippen molar-refractivity contribution in [2.75, 3.05) is 27.2 Å². The van der Waals surface area contributed by atoms with Crippen LogP contribution in [0.3, 0.4) is 0 Å². The molecule has 1 aromatic carbocycles. The van der Waals surface area contributed by atoms with Crippen LogP contribution >= 0.6 is 0 Å². The van der Waals surface area contributed by atoms with Crippen molar-refractivity contribution in [2.24, 2.45) is 0 Å². The first kappa shape index (κ1) is 17.9. The number of carbonyl (C=O) groups is 1. The Bertz CT molecular complexity index is 698. The van der Waals surface area contributed by atoms with Crippen molar-refractivity contribution in [3.8, 4) is 0 Å². The Labute approximate surface area is 138 Å². The third kappa shape index (κ3) is 3.91.